The van der Waals surface area contributed by atoms with Crippen molar-refractivity contribution in [2.45, 2.75) is 37.8 Å². The summed E-state index contributed by atoms with van der Waals surface area (Å²) >= 11 is 0. The molecule has 0 aliphatic heterocycles. The minimum absolute atomic E-state index is 0.0466. The molecule has 1 aliphatic carbocycles. The number of aliphatic hydroxyl groups is 1. The lowest BCUT2D eigenvalue weighted by Gasteiger charge is -2.19. The fourth-order valence-electron chi connectivity index (χ4n) is 1.60. The predicted octanol–water partition coefficient (Wildman–Crippen LogP) is 1.92. The minimum Gasteiger partial charge on any atom is -0.488 e. The van der Waals surface area contributed by atoms with Crippen LogP contribution in [0.1, 0.15) is 32.3 Å². The molecule has 1 aromatic carbocycles. The molecular formula is C13H18FNO2. The van der Waals surface area contributed by atoms with Crippen LogP contribution in [0.25, 0.3) is 0 Å². The van der Waals surface area contributed by atoms with Crippen LogP contribution in [-0.2, 0) is 5.54 Å². The van der Waals surface area contributed by atoms with Gasteiger partial charge in [-0.25, -0.2) is 4.39 Å². The minimum atomic E-state index is -0.984. The molecule has 94 valence electrons. The SMILES string of the molecule is CC(C)(O)COc1cc(C2(N)CC2)ccc1F. The maximum Gasteiger partial charge on any atom is 0.165 e. The van der Waals surface area contributed by atoms with Crippen molar-refractivity contribution in [3.05, 3.63) is 29.6 Å². The lowest BCUT2D eigenvalue weighted by molar-refractivity contribution is 0.0271. The van der Waals surface area contributed by atoms with Crippen molar-refractivity contribution in [2.75, 3.05) is 6.61 Å². The van der Waals surface area contributed by atoms with E-state index in [0.29, 0.717) is 0 Å². The first-order chi connectivity index (χ1) is 7.80. The Morgan fingerprint density at radius 1 is 1.47 bits per heavy atom. The Labute approximate surface area is 100 Å². The first kappa shape index (κ1) is 12.3. The number of benzene rings is 1. The molecule has 17 heavy (non-hydrogen) atoms. The smallest absolute Gasteiger partial charge is 0.165 e. The second kappa shape index (κ2) is 3.96. The van der Waals surface area contributed by atoms with Gasteiger partial charge in [-0.15, -0.1) is 0 Å². The second-order valence-corrected chi connectivity index (χ2v) is 5.40. The summed E-state index contributed by atoms with van der Waals surface area (Å²) in [4.78, 5) is 0. The van der Waals surface area contributed by atoms with Crippen LogP contribution in [0.4, 0.5) is 4.39 Å². The average Bonchev–Trinajstić information content (AvgIpc) is 2.95. The number of rotatable bonds is 4. The lowest BCUT2D eigenvalue weighted by Crippen LogP contribution is -2.28. The Kier molecular flexibility index (Phi) is 2.87. The molecule has 0 amide bonds. The van der Waals surface area contributed by atoms with Crippen molar-refractivity contribution in [3.63, 3.8) is 0 Å². The van der Waals surface area contributed by atoms with Crippen LogP contribution in [0.3, 0.4) is 0 Å². The molecule has 4 heteroatoms. The van der Waals surface area contributed by atoms with Crippen molar-refractivity contribution in [2.24, 2.45) is 5.73 Å². The molecule has 0 saturated heterocycles. The Balaban J connectivity index is 2.15. The molecule has 3 nitrogen and oxygen atoms in total. The highest BCUT2D eigenvalue weighted by Crippen LogP contribution is 2.43. The first-order valence-electron chi connectivity index (χ1n) is 5.74. The van der Waals surface area contributed by atoms with Gasteiger partial charge in [0.15, 0.2) is 11.6 Å². The van der Waals surface area contributed by atoms with Crippen molar-refractivity contribution >= 4 is 0 Å². The van der Waals surface area contributed by atoms with Gasteiger partial charge in [0, 0.05) is 5.54 Å². The topological polar surface area (TPSA) is 55.5 Å². The Bertz CT molecular complexity index is 422. The molecule has 0 radical (unpaired) electrons. The van der Waals surface area contributed by atoms with Gasteiger partial charge < -0.3 is 15.6 Å². The van der Waals surface area contributed by atoms with Gasteiger partial charge in [-0.3, -0.25) is 0 Å². The van der Waals surface area contributed by atoms with E-state index in [9.17, 15) is 9.50 Å². The van der Waals surface area contributed by atoms with E-state index >= 15 is 0 Å². The fraction of sp³-hybridized carbons (Fsp3) is 0.538. The third-order valence-electron chi connectivity index (χ3n) is 2.88. The molecule has 1 aliphatic rings. The van der Waals surface area contributed by atoms with Gasteiger partial charge in [-0.2, -0.15) is 0 Å². The highest BCUT2D eigenvalue weighted by atomic mass is 19.1. The van der Waals surface area contributed by atoms with Crippen molar-refractivity contribution in [1.29, 1.82) is 0 Å². The third-order valence-corrected chi connectivity index (χ3v) is 2.88. The molecule has 0 aromatic heterocycles. The molecule has 0 bridgehead atoms. The van der Waals surface area contributed by atoms with Gasteiger partial charge in [0.2, 0.25) is 0 Å². The van der Waals surface area contributed by atoms with Crippen LogP contribution < -0.4 is 10.5 Å². The molecule has 0 spiro atoms. The van der Waals surface area contributed by atoms with Crippen molar-refractivity contribution in [1.82, 2.24) is 0 Å². The molecule has 0 heterocycles. The molecule has 3 N–H and O–H groups in total. The van der Waals surface area contributed by atoms with E-state index in [1.165, 1.54) is 6.07 Å². The quantitative estimate of drug-likeness (QED) is 0.844. The summed E-state index contributed by atoms with van der Waals surface area (Å²) in [6, 6.07) is 4.69. The van der Waals surface area contributed by atoms with E-state index < -0.39 is 11.4 Å². The van der Waals surface area contributed by atoms with E-state index in [1.807, 2.05) is 0 Å². The van der Waals surface area contributed by atoms with E-state index in [4.69, 9.17) is 10.5 Å². The summed E-state index contributed by atoms with van der Waals surface area (Å²) in [5, 5.41) is 9.54. The Hall–Kier alpha value is -1.13. The molecule has 0 atom stereocenters. The zero-order valence-electron chi connectivity index (χ0n) is 10.2. The zero-order valence-corrected chi connectivity index (χ0v) is 10.2. The van der Waals surface area contributed by atoms with Gasteiger partial charge in [-0.1, -0.05) is 6.07 Å². The second-order valence-electron chi connectivity index (χ2n) is 5.40. The summed E-state index contributed by atoms with van der Waals surface area (Å²) < 4.78 is 18.8. The summed E-state index contributed by atoms with van der Waals surface area (Å²) in [7, 11) is 0. The van der Waals surface area contributed by atoms with Crippen LogP contribution in [0, 0.1) is 5.82 Å². The van der Waals surface area contributed by atoms with Gasteiger partial charge >= 0.3 is 0 Å². The number of nitrogens with two attached hydrogens (primary N) is 1. The molecule has 1 fully saturated rings. The van der Waals surface area contributed by atoms with Crippen molar-refractivity contribution < 1.29 is 14.2 Å². The van der Waals surface area contributed by atoms with Crippen molar-refractivity contribution in [3.8, 4) is 5.75 Å². The standard InChI is InChI=1S/C13H18FNO2/c1-12(2,16)8-17-11-7-9(3-4-10(11)14)13(15)5-6-13/h3-4,7,16H,5-6,8,15H2,1-2H3. The Morgan fingerprint density at radius 3 is 2.65 bits per heavy atom. The zero-order chi connectivity index (χ0) is 12.7. The number of ether oxygens (including phenoxy) is 1. The summed E-state index contributed by atoms with van der Waals surface area (Å²) in [5.41, 5.74) is 5.65. The first-order valence-corrected chi connectivity index (χ1v) is 5.74. The maximum absolute atomic E-state index is 13.5. The number of halogens is 1. The maximum atomic E-state index is 13.5. The fourth-order valence-corrected chi connectivity index (χ4v) is 1.60. The monoisotopic (exact) mass is 239 g/mol. The normalized spacial score (nSPS) is 17.9. The third kappa shape index (κ3) is 2.96. The molecule has 2 rings (SSSR count). The number of hydrogen-bond donors (Lipinski definition) is 2. The van der Waals surface area contributed by atoms with Crippen LogP contribution in [0.15, 0.2) is 18.2 Å². The summed E-state index contributed by atoms with van der Waals surface area (Å²) in [6.45, 7) is 3.27. The highest BCUT2D eigenvalue weighted by molar-refractivity contribution is 5.37. The van der Waals surface area contributed by atoms with Crippen LogP contribution in [0.2, 0.25) is 0 Å². The summed E-state index contributed by atoms with van der Waals surface area (Å²) in [6.07, 6.45) is 1.84. The molecule has 1 aromatic rings. The molecule has 0 unspecified atom stereocenters. The lowest BCUT2D eigenvalue weighted by atomic mass is 10.1. The summed E-state index contributed by atoms with van der Waals surface area (Å²) in [5.74, 6) is -0.274. The molecule has 1 saturated carbocycles. The Morgan fingerprint density at radius 2 is 2.12 bits per heavy atom. The van der Waals surface area contributed by atoms with Gasteiger partial charge in [-0.05, 0) is 44.4 Å². The van der Waals surface area contributed by atoms with E-state index in [-0.39, 0.29) is 17.9 Å². The average molecular weight is 239 g/mol. The van der Waals surface area contributed by atoms with E-state index in [0.717, 1.165) is 18.4 Å². The highest BCUT2D eigenvalue weighted by Gasteiger charge is 2.40. The van der Waals surface area contributed by atoms with E-state index in [2.05, 4.69) is 0 Å². The van der Waals surface area contributed by atoms with Gasteiger partial charge in [0.05, 0.1) is 5.60 Å². The van der Waals surface area contributed by atoms with Gasteiger partial charge in [0.25, 0.3) is 0 Å². The largest absolute Gasteiger partial charge is 0.488 e. The van der Waals surface area contributed by atoms with Crippen LogP contribution in [0.5, 0.6) is 5.75 Å². The molecular weight excluding hydrogens is 221 g/mol. The van der Waals surface area contributed by atoms with Crippen LogP contribution in [-0.4, -0.2) is 17.3 Å². The number of hydrogen-bond acceptors (Lipinski definition) is 3. The van der Waals surface area contributed by atoms with Crippen LogP contribution >= 0.6 is 0 Å². The predicted molar refractivity (Wildman–Crippen MR) is 63.3 cm³/mol. The van der Waals surface area contributed by atoms with E-state index in [1.54, 1.807) is 26.0 Å². The van der Waals surface area contributed by atoms with Gasteiger partial charge in [0.1, 0.15) is 6.61 Å².